The van der Waals surface area contributed by atoms with Crippen molar-refractivity contribution in [1.29, 1.82) is 5.26 Å². The fraction of sp³-hybridized carbons (Fsp3) is 0.412. The highest BCUT2D eigenvalue weighted by atomic mass is 16.2. The Kier molecular flexibility index (Phi) is 5.46. The number of hydrogen-bond acceptors (Lipinski definition) is 5. The summed E-state index contributed by atoms with van der Waals surface area (Å²) in [7, 11) is 0. The van der Waals surface area contributed by atoms with Crippen LogP contribution in [0, 0.1) is 11.3 Å². The number of imidazole rings is 1. The third kappa shape index (κ3) is 4.47. The van der Waals surface area contributed by atoms with Crippen LogP contribution in [-0.4, -0.2) is 58.2 Å². The van der Waals surface area contributed by atoms with E-state index in [1.165, 1.54) is 0 Å². The van der Waals surface area contributed by atoms with Crippen LogP contribution in [0.15, 0.2) is 37.1 Å². The number of pyridine rings is 1. The average Bonchev–Trinajstić information content (AvgIpc) is 3.19. The van der Waals surface area contributed by atoms with Crippen LogP contribution in [-0.2, 0) is 6.54 Å². The Labute approximate surface area is 146 Å². The van der Waals surface area contributed by atoms with Crippen molar-refractivity contribution in [2.24, 2.45) is 0 Å². The van der Waals surface area contributed by atoms with Crippen LogP contribution in [0.1, 0.15) is 12.0 Å². The molecule has 0 unspecified atom stereocenters. The van der Waals surface area contributed by atoms with Gasteiger partial charge in [0.2, 0.25) is 0 Å². The van der Waals surface area contributed by atoms with E-state index in [1.54, 1.807) is 30.9 Å². The molecule has 1 N–H and O–H groups in total. The number of hydrogen-bond donors (Lipinski definition) is 1. The first-order chi connectivity index (χ1) is 12.3. The van der Waals surface area contributed by atoms with Gasteiger partial charge in [0.05, 0.1) is 18.0 Å². The molecule has 3 rings (SSSR count). The Hall–Kier alpha value is -3.08. The van der Waals surface area contributed by atoms with E-state index in [0.29, 0.717) is 38.3 Å². The van der Waals surface area contributed by atoms with Gasteiger partial charge in [0, 0.05) is 57.9 Å². The van der Waals surface area contributed by atoms with Gasteiger partial charge >= 0.3 is 6.03 Å². The number of urea groups is 1. The number of rotatable bonds is 5. The SMILES string of the molecule is N#Cc1ccnc(N2CCN(C(=O)NCCCn3ccnc3)CC2)c1. The zero-order chi connectivity index (χ0) is 17.5. The second kappa shape index (κ2) is 8.15. The van der Waals surface area contributed by atoms with Gasteiger partial charge in [-0.1, -0.05) is 0 Å². The first-order valence-electron chi connectivity index (χ1n) is 8.36. The van der Waals surface area contributed by atoms with Crippen LogP contribution in [0.5, 0.6) is 0 Å². The molecule has 1 fully saturated rings. The van der Waals surface area contributed by atoms with Crippen molar-refractivity contribution in [1.82, 2.24) is 24.8 Å². The van der Waals surface area contributed by atoms with Gasteiger partial charge < -0.3 is 19.7 Å². The quantitative estimate of drug-likeness (QED) is 0.823. The molecule has 0 bridgehead atoms. The number of nitrogens with zero attached hydrogens (tertiary/aromatic N) is 6. The molecule has 1 aliphatic rings. The number of piperazine rings is 1. The third-order valence-corrected chi connectivity index (χ3v) is 4.19. The molecule has 0 radical (unpaired) electrons. The molecular formula is C17H21N7O. The van der Waals surface area contributed by atoms with Crippen LogP contribution in [0.2, 0.25) is 0 Å². The third-order valence-electron chi connectivity index (χ3n) is 4.19. The lowest BCUT2D eigenvalue weighted by Crippen LogP contribution is -2.52. The second-order valence-electron chi connectivity index (χ2n) is 5.87. The molecule has 0 aliphatic carbocycles. The number of aromatic nitrogens is 3. The molecule has 8 nitrogen and oxygen atoms in total. The Balaban J connectivity index is 1.40. The Bertz CT molecular complexity index is 730. The molecule has 130 valence electrons. The van der Waals surface area contributed by atoms with E-state index in [9.17, 15) is 4.79 Å². The Morgan fingerprint density at radius 3 is 2.84 bits per heavy atom. The fourth-order valence-corrected chi connectivity index (χ4v) is 2.79. The molecule has 0 saturated carbocycles. The number of aryl methyl sites for hydroxylation is 1. The van der Waals surface area contributed by atoms with Crippen LogP contribution in [0.4, 0.5) is 10.6 Å². The number of amides is 2. The average molecular weight is 339 g/mol. The monoisotopic (exact) mass is 339 g/mol. The zero-order valence-electron chi connectivity index (χ0n) is 14.0. The van der Waals surface area contributed by atoms with E-state index < -0.39 is 0 Å². The summed E-state index contributed by atoms with van der Waals surface area (Å²) in [5, 5.41) is 11.9. The van der Waals surface area contributed by atoms with Gasteiger partial charge in [-0.25, -0.2) is 14.8 Å². The molecular weight excluding hydrogens is 318 g/mol. The molecule has 1 saturated heterocycles. The normalized spacial score (nSPS) is 14.2. The minimum absolute atomic E-state index is 0.0241. The molecule has 0 atom stereocenters. The van der Waals surface area contributed by atoms with Crippen molar-refractivity contribution < 1.29 is 4.79 Å². The second-order valence-corrected chi connectivity index (χ2v) is 5.87. The summed E-state index contributed by atoms with van der Waals surface area (Å²) in [6.07, 6.45) is 7.95. The minimum Gasteiger partial charge on any atom is -0.353 e. The Morgan fingerprint density at radius 2 is 2.12 bits per heavy atom. The molecule has 2 amide bonds. The highest BCUT2D eigenvalue weighted by Gasteiger charge is 2.21. The summed E-state index contributed by atoms with van der Waals surface area (Å²) in [5.74, 6) is 0.791. The number of nitrogens with one attached hydrogen (secondary N) is 1. The largest absolute Gasteiger partial charge is 0.353 e. The fourth-order valence-electron chi connectivity index (χ4n) is 2.79. The van der Waals surface area contributed by atoms with Crippen LogP contribution < -0.4 is 10.2 Å². The molecule has 3 heterocycles. The van der Waals surface area contributed by atoms with Gasteiger partial charge in [-0.15, -0.1) is 0 Å². The lowest BCUT2D eigenvalue weighted by Gasteiger charge is -2.35. The number of nitriles is 1. The van der Waals surface area contributed by atoms with E-state index in [4.69, 9.17) is 5.26 Å². The molecule has 0 spiro atoms. The summed E-state index contributed by atoms with van der Waals surface area (Å²) in [5.41, 5.74) is 0.600. The van der Waals surface area contributed by atoms with Crippen molar-refractivity contribution in [3.63, 3.8) is 0 Å². The maximum Gasteiger partial charge on any atom is 0.317 e. The van der Waals surface area contributed by atoms with Crippen molar-refractivity contribution >= 4 is 11.8 Å². The minimum atomic E-state index is -0.0241. The lowest BCUT2D eigenvalue weighted by molar-refractivity contribution is 0.194. The lowest BCUT2D eigenvalue weighted by atomic mass is 10.2. The molecule has 2 aromatic rings. The standard InChI is InChI=1S/C17H21N7O/c18-13-15-2-4-20-16(12-15)23-8-10-24(11-9-23)17(25)21-3-1-6-22-7-5-19-14-22/h2,4-5,7,12,14H,1,3,6,8-11H2,(H,21,25). The number of carbonyl (C=O) groups is 1. The van der Waals surface area contributed by atoms with Crippen LogP contribution >= 0.6 is 0 Å². The van der Waals surface area contributed by atoms with Crippen molar-refractivity contribution in [2.45, 2.75) is 13.0 Å². The summed E-state index contributed by atoms with van der Waals surface area (Å²) in [6, 6.07) is 5.58. The summed E-state index contributed by atoms with van der Waals surface area (Å²) in [4.78, 5) is 24.5. The first-order valence-corrected chi connectivity index (χ1v) is 8.36. The van der Waals surface area contributed by atoms with Crippen molar-refractivity contribution in [3.8, 4) is 6.07 Å². The highest BCUT2D eigenvalue weighted by molar-refractivity contribution is 5.74. The predicted molar refractivity (Wildman–Crippen MR) is 93.0 cm³/mol. The van der Waals surface area contributed by atoms with E-state index in [2.05, 4.69) is 26.3 Å². The first kappa shape index (κ1) is 16.8. The van der Waals surface area contributed by atoms with E-state index in [0.717, 1.165) is 18.8 Å². The maximum absolute atomic E-state index is 12.2. The number of carbonyl (C=O) groups excluding carboxylic acids is 1. The molecule has 1 aliphatic heterocycles. The van der Waals surface area contributed by atoms with Crippen LogP contribution in [0.25, 0.3) is 0 Å². The smallest absolute Gasteiger partial charge is 0.317 e. The van der Waals surface area contributed by atoms with Gasteiger partial charge in [-0.2, -0.15) is 5.26 Å². The van der Waals surface area contributed by atoms with E-state index in [1.807, 2.05) is 15.7 Å². The van der Waals surface area contributed by atoms with Gasteiger partial charge in [0.25, 0.3) is 0 Å². The Morgan fingerprint density at radius 1 is 1.28 bits per heavy atom. The van der Waals surface area contributed by atoms with Gasteiger partial charge in [0.15, 0.2) is 0 Å². The van der Waals surface area contributed by atoms with E-state index >= 15 is 0 Å². The van der Waals surface area contributed by atoms with Gasteiger partial charge in [-0.05, 0) is 18.6 Å². The summed E-state index contributed by atoms with van der Waals surface area (Å²) >= 11 is 0. The molecule has 8 heteroatoms. The molecule has 0 aromatic carbocycles. The van der Waals surface area contributed by atoms with Crippen LogP contribution in [0.3, 0.4) is 0 Å². The molecule has 25 heavy (non-hydrogen) atoms. The predicted octanol–water partition coefficient (Wildman–Crippen LogP) is 1.07. The summed E-state index contributed by atoms with van der Waals surface area (Å²) < 4.78 is 1.99. The van der Waals surface area contributed by atoms with Gasteiger partial charge in [-0.3, -0.25) is 0 Å². The van der Waals surface area contributed by atoms with E-state index in [-0.39, 0.29) is 6.03 Å². The maximum atomic E-state index is 12.2. The number of anilines is 1. The molecule has 2 aromatic heterocycles. The van der Waals surface area contributed by atoms with Crippen molar-refractivity contribution in [2.75, 3.05) is 37.6 Å². The van der Waals surface area contributed by atoms with Gasteiger partial charge in [0.1, 0.15) is 5.82 Å². The topological polar surface area (TPSA) is 90.1 Å². The highest BCUT2D eigenvalue weighted by Crippen LogP contribution is 2.14. The van der Waals surface area contributed by atoms with Crippen molar-refractivity contribution in [3.05, 3.63) is 42.6 Å². The summed E-state index contributed by atoms with van der Waals surface area (Å²) in [6.45, 7) is 4.20. The zero-order valence-corrected chi connectivity index (χ0v) is 14.0.